The third-order valence-electron chi connectivity index (χ3n) is 4.34. The Hall–Kier alpha value is -1.92. The van der Waals surface area contributed by atoms with Gasteiger partial charge in [0.05, 0.1) is 16.3 Å². The average Bonchev–Trinajstić information content (AvgIpc) is 2.52. The molecule has 0 aliphatic carbocycles. The Bertz CT molecular complexity index is 851. The standard InChI is InChI=1S/C18H21ClFN3O2/c1-18(2,3)17-21-14-4-5-23(9-11(14)16(25)22-17)8-10-6-12(19)15(24)13(20)7-10/h6-7,24H,4-5,8-9H2,1-3H3,(H,21,22,25). The summed E-state index contributed by atoms with van der Waals surface area (Å²) in [6, 6.07) is 2.81. The number of rotatable bonds is 2. The van der Waals surface area contributed by atoms with Crippen LogP contribution in [0.5, 0.6) is 5.75 Å². The number of nitrogens with zero attached hydrogens (tertiary/aromatic N) is 2. The first-order valence-corrected chi connectivity index (χ1v) is 8.54. The van der Waals surface area contributed by atoms with Crippen molar-refractivity contribution < 1.29 is 9.50 Å². The molecule has 0 atom stereocenters. The maximum absolute atomic E-state index is 13.6. The summed E-state index contributed by atoms with van der Waals surface area (Å²) in [5.74, 6) is -0.587. The van der Waals surface area contributed by atoms with E-state index in [2.05, 4.69) is 9.97 Å². The zero-order valence-corrected chi connectivity index (χ0v) is 15.2. The van der Waals surface area contributed by atoms with Crippen molar-refractivity contribution >= 4 is 11.6 Å². The normalized spacial score (nSPS) is 15.2. The minimum atomic E-state index is -0.741. The van der Waals surface area contributed by atoms with E-state index in [0.29, 0.717) is 43.0 Å². The minimum absolute atomic E-state index is 0.0123. The lowest BCUT2D eigenvalue weighted by molar-refractivity contribution is 0.240. The van der Waals surface area contributed by atoms with Crippen molar-refractivity contribution in [2.75, 3.05) is 6.54 Å². The van der Waals surface area contributed by atoms with Crippen LogP contribution in [0.4, 0.5) is 4.39 Å². The third kappa shape index (κ3) is 3.70. The van der Waals surface area contributed by atoms with Gasteiger partial charge >= 0.3 is 0 Å². The fourth-order valence-corrected chi connectivity index (χ4v) is 3.17. The molecule has 1 aromatic carbocycles. The first-order valence-electron chi connectivity index (χ1n) is 8.17. The van der Waals surface area contributed by atoms with Gasteiger partial charge in [0.2, 0.25) is 0 Å². The van der Waals surface area contributed by atoms with Gasteiger partial charge in [0.15, 0.2) is 11.6 Å². The lowest BCUT2D eigenvalue weighted by atomic mass is 9.95. The number of benzene rings is 1. The summed E-state index contributed by atoms with van der Waals surface area (Å²) < 4.78 is 13.6. The molecule has 25 heavy (non-hydrogen) atoms. The second-order valence-electron chi connectivity index (χ2n) is 7.46. The zero-order chi connectivity index (χ0) is 18.4. The average molecular weight is 366 g/mol. The summed E-state index contributed by atoms with van der Waals surface area (Å²) in [5.41, 5.74) is 1.81. The molecule has 1 aliphatic rings. The molecule has 2 heterocycles. The van der Waals surface area contributed by atoms with Crippen molar-refractivity contribution in [1.82, 2.24) is 14.9 Å². The van der Waals surface area contributed by atoms with Crippen molar-refractivity contribution in [3.8, 4) is 5.75 Å². The highest BCUT2D eigenvalue weighted by Crippen LogP contribution is 2.29. The maximum Gasteiger partial charge on any atom is 0.255 e. The Morgan fingerprint density at radius 3 is 2.76 bits per heavy atom. The molecule has 0 unspecified atom stereocenters. The fraction of sp³-hybridized carbons (Fsp3) is 0.444. The Balaban J connectivity index is 1.83. The zero-order valence-electron chi connectivity index (χ0n) is 14.5. The molecule has 3 rings (SSSR count). The van der Waals surface area contributed by atoms with Gasteiger partial charge in [0.25, 0.3) is 5.56 Å². The summed E-state index contributed by atoms with van der Waals surface area (Å²) in [6.07, 6.45) is 0.663. The van der Waals surface area contributed by atoms with Crippen LogP contribution in [-0.4, -0.2) is 26.5 Å². The molecule has 134 valence electrons. The van der Waals surface area contributed by atoms with Crippen molar-refractivity contribution in [3.63, 3.8) is 0 Å². The quantitative estimate of drug-likeness (QED) is 0.858. The van der Waals surface area contributed by atoms with Gasteiger partial charge in [-0.2, -0.15) is 0 Å². The molecule has 5 nitrogen and oxygen atoms in total. The molecular formula is C18H21ClFN3O2. The molecule has 0 fully saturated rings. The molecule has 0 amide bonds. The Morgan fingerprint density at radius 1 is 1.40 bits per heavy atom. The van der Waals surface area contributed by atoms with Crippen LogP contribution >= 0.6 is 11.6 Å². The number of aromatic hydroxyl groups is 1. The van der Waals surface area contributed by atoms with Gasteiger partial charge in [-0.15, -0.1) is 0 Å². The van der Waals surface area contributed by atoms with Crippen LogP contribution in [0.15, 0.2) is 16.9 Å². The predicted molar refractivity (Wildman–Crippen MR) is 94.5 cm³/mol. The molecule has 1 aliphatic heterocycles. The van der Waals surface area contributed by atoms with Gasteiger partial charge in [0, 0.05) is 31.5 Å². The molecule has 2 N–H and O–H groups in total. The van der Waals surface area contributed by atoms with E-state index < -0.39 is 11.6 Å². The van der Waals surface area contributed by atoms with E-state index in [0.717, 1.165) is 5.69 Å². The number of aromatic nitrogens is 2. The Morgan fingerprint density at radius 2 is 2.12 bits per heavy atom. The molecule has 0 saturated carbocycles. The van der Waals surface area contributed by atoms with E-state index in [1.54, 1.807) is 6.07 Å². The largest absolute Gasteiger partial charge is 0.504 e. The lowest BCUT2D eigenvalue weighted by Crippen LogP contribution is -2.37. The molecule has 0 bridgehead atoms. The Labute approximate surface area is 150 Å². The molecular weight excluding hydrogens is 345 g/mol. The number of aromatic amines is 1. The fourth-order valence-electron chi connectivity index (χ4n) is 2.94. The summed E-state index contributed by atoms with van der Waals surface area (Å²) in [4.78, 5) is 22.0. The van der Waals surface area contributed by atoms with Crippen LogP contribution in [0.3, 0.4) is 0 Å². The number of nitrogens with one attached hydrogen (secondary N) is 1. The van der Waals surface area contributed by atoms with E-state index in [-0.39, 0.29) is 16.0 Å². The number of halogens is 2. The first kappa shape index (κ1) is 17.9. The summed E-state index contributed by atoms with van der Waals surface area (Å²) in [6.45, 7) is 7.63. The summed E-state index contributed by atoms with van der Waals surface area (Å²) >= 11 is 5.83. The lowest BCUT2D eigenvalue weighted by Gasteiger charge is -2.29. The summed E-state index contributed by atoms with van der Waals surface area (Å²) in [5, 5.41) is 9.41. The Kier molecular flexibility index (Phi) is 4.60. The molecule has 0 saturated heterocycles. The van der Waals surface area contributed by atoms with Crippen LogP contribution in [0, 0.1) is 5.82 Å². The van der Waals surface area contributed by atoms with E-state index in [4.69, 9.17) is 11.6 Å². The number of hydrogen-bond acceptors (Lipinski definition) is 4. The predicted octanol–water partition coefficient (Wildman–Crippen LogP) is 3.12. The number of phenolic OH excluding ortho intramolecular Hbond substituents is 1. The third-order valence-corrected chi connectivity index (χ3v) is 4.63. The van der Waals surface area contributed by atoms with E-state index in [1.807, 2.05) is 25.7 Å². The van der Waals surface area contributed by atoms with E-state index >= 15 is 0 Å². The van der Waals surface area contributed by atoms with E-state index in [9.17, 15) is 14.3 Å². The van der Waals surface area contributed by atoms with Gasteiger partial charge < -0.3 is 10.1 Å². The number of fused-ring (bicyclic) bond motifs is 1. The number of phenols is 1. The first-order chi connectivity index (χ1) is 11.6. The maximum atomic E-state index is 13.6. The highest BCUT2D eigenvalue weighted by Gasteiger charge is 2.25. The van der Waals surface area contributed by atoms with Gasteiger partial charge in [-0.05, 0) is 17.7 Å². The molecule has 0 radical (unpaired) electrons. The van der Waals surface area contributed by atoms with Gasteiger partial charge in [0.1, 0.15) is 5.82 Å². The highest BCUT2D eigenvalue weighted by molar-refractivity contribution is 6.32. The minimum Gasteiger partial charge on any atom is -0.504 e. The van der Waals surface area contributed by atoms with Crippen molar-refractivity contribution in [2.24, 2.45) is 0 Å². The van der Waals surface area contributed by atoms with Crippen molar-refractivity contribution in [1.29, 1.82) is 0 Å². The van der Waals surface area contributed by atoms with Gasteiger partial charge in [-0.1, -0.05) is 32.4 Å². The second kappa shape index (κ2) is 6.42. The molecule has 1 aromatic heterocycles. The van der Waals surface area contributed by atoms with Crippen LogP contribution in [0.1, 0.15) is 43.4 Å². The summed E-state index contributed by atoms with van der Waals surface area (Å²) in [7, 11) is 0. The molecule has 0 spiro atoms. The highest BCUT2D eigenvalue weighted by atomic mass is 35.5. The molecule has 7 heteroatoms. The van der Waals surface area contributed by atoms with Crippen LogP contribution in [0.2, 0.25) is 5.02 Å². The smallest absolute Gasteiger partial charge is 0.255 e. The van der Waals surface area contributed by atoms with Crippen LogP contribution in [0.25, 0.3) is 0 Å². The monoisotopic (exact) mass is 365 g/mol. The van der Waals surface area contributed by atoms with E-state index in [1.165, 1.54) is 6.07 Å². The van der Waals surface area contributed by atoms with Crippen LogP contribution < -0.4 is 5.56 Å². The number of hydrogen-bond donors (Lipinski definition) is 2. The molecule has 2 aromatic rings. The van der Waals surface area contributed by atoms with Crippen molar-refractivity contribution in [2.45, 2.75) is 45.7 Å². The van der Waals surface area contributed by atoms with Crippen molar-refractivity contribution in [3.05, 3.63) is 56.0 Å². The van der Waals surface area contributed by atoms with Crippen LogP contribution in [-0.2, 0) is 24.9 Å². The SMILES string of the molecule is CC(C)(C)c1nc2c(c(=O)[nH]1)CN(Cc1cc(F)c(O)c(Cl)c1)CC2. The second-order valence-corrected chi connectivity index (χ2v) is 7.87. The van der Waals surface area contributed by atoms with Gasteiger partial charge in [-0.25, -0.2) is 9.37 Å². The number of H-pyrrole nitrogens is 1. The topological polar surface area (TPSA) is 69.2 Å². The van der Waals surface area contributed by atoms with Gasteiger partial charge in [-0.3, -0.25) is 9.69 Å².